The van der Waals surface area contributed by atoms with Crippen LogP contribution in [0, 0.1) is 0 Å². The maximum atomic E-state index is 3.92. The summed E-state index contributed by atoms with van der Waals surface area (Å²) in [6.07, 6.45) is 8.34. The van der Waals surface area contributed by atoms with Crippen LogP contribution in [0.5, 0.6) is 0 Å². The summed E-state index contributed by atoms with van der Waals surface area (Å²) in [7, 11) is 0. The fourth-order valence-corrected chi connectivity index (χ4v) is 0.686. The number of hydrogen-bond donors (Lipinski definition) is 0. The molecule has 11 heavy (non-hydrogen) atoms. The molecule has 0 N–H and O–H groups in total. The fraction of sp³-hybridized carbons (Fsp3) is 0. The van der Waals surface area contributed by atoms with Gasteiger partial charge in [0.1, 0.15) is 0 Å². The average molecular weight is 147 g/mol. The predicted molar refractivity (Wildman–Crippen MR) is 44.7 cm³/mol. The molecule has 1 aromatic rings. The van der Waals surface area contributed by atoms with Crippen LogP contribution in [-0.4, -0.2) is 15.0 Å². The summed E-state index contributed by atoms with van der Waals surface area (Å²) in [5.74, 6) is 0. The maximum Gasteiger partial charge on any atom is 0.0850 e. The lowest BCUT2D eigenvalue weighted by Gasteiger charge is -1.96. The molecule has 1 heterocycles. The van der Waals surface area contributed by atoms with Gasteiger partial charge in [-0.2, -0.15) is 15.0 Å². The van der Waals surface area contributed by atoms with Gasteiger partial charge >= 0.3 is 0 Å². The first kappa shape index (κ1) is 7.47. The summed E-state index contributed by atoms with van der Waals surface area (Å²) < 4.78 is 0. The first-order chi connectivity index (χ1) is 5.38. The zero-order valence-corrected chi connectivity index (χ0v) is 6.14. The Morgan fingerprint density at radius 3 is 2.36 bits per heavy atom. The molecule has 3 heteroatoms. The van der Waals surface area contributed by atoms with Gasteiger partial charge in [0.15, 0.2) is 0 Å². The Bertz CT molecular complexity index is 270. The minimum Gasteiger partial charge on any atom is -0.157 e. The van der Waals surface area contributed by atoms with Crippen molar-refractivity contribution in [1.82, 2.24) is 15.0 Å². The van der Waals surface area contributed by atoms with Crippen molar-refractivity contribution >= 4 is 5.70 Å². The van der Waals surface area contributed by atoms with E-state index in [0.29, 0.717) is 0 Å². The van der Waals surface area contributed by atoms with Gasteiger partial charge in [-0.05, 0) is 12.2 Å². The van der Waals surface area contributed by atoms with Crippen molar-refractivity contribution in [3.05, 3.63) is 43.8 Å². The van der Waals surface area contributed by atoms with E-state index in [-0.39, 0.29) is 0 Å². The maximum absolute atomic E-state index is 3.92. The zero-order valence-electron chi connectivity index (χ0n) is 6.14. The van der Waals surface area contributed by atoms with Crippen molar-refractivity contribution in [1.29, 1.82) is 0 Å². The fourth-order valence-electron chi connectivity index (χ4n) is 0.686. The highest BCUT2D eigenvalue weighted by atomic mass is 15.5. The number of aromatic nitrogens is 3. The van der Waals surface area contributed by atoms with Gasteiger partial charge in [-0.1, -0.05) is 19.2 Å². The van der Waals surface area contributed by atoms with Gasteiger partial charge < -0.3 is 0 Å². The van der Waals surface area contributed by atoms with Crippen LogP contribution in [0.3, 0.4) is 0 Å². The molecule has 0 fully saturated rings. The molecule has 0 atom stereocenters. The molecule has 3 nitrogen and oxygen atoms in total. The molecule has 0 aliphatic heterocycles. The van der Waals surface area contributed by atoms with Gasteiger partial charge in [-0.15, -0.1) is 0 Å². The van der Waals surface area contributed by atoms with Crippen LogP contribution in [0.2, 0.25) is 0 Å². The van der Waals surface area contributed by atoms with Crippen molar-refractivity contribution in [2.45, 2.75) is 0 Å². The summed E-state index contributed by atoms with van der Waals surface area (Å²) in [4.78, 5) is 1.48. The molecule has 0 radical (unpaired) electrons. The number of rotatable bonds is 3. The van der Waals surface area contributed by atoms with Crippen molar-refractivity contribution in [3.63, 3.8) is 0 Å². The van der Waals surface area contributed by atoms with Gasteiger partial charge in [0.2, 0.25) is 0 Å². The van der Waals surface area contributed by atoms with E-state index in [9.17, 15) is 0 Å². The van der Waals surface area contributed by atoms with Crippen molar-refractivity contribution in [2.24, 2.45) is 0 Å². The molecule has 0 bridgehead atoms. The predicted octanol–water partition coefficient (Wildman–Crippen LogP) is 1.49. The lowest BCUT2D eigenvalue weighted by Crippen LogP contribution is -1.97. The van der Waals surface area contributed by atoms with Crippen molar-refractivity contribution < 1.29 is 0 Å². The molecular weight excluding hydrogens is 138 g/mol. The first-order valence-corrected chi connectivity index (χ1v) is 3.20. The molecule has 0 unspecified atom stereocenters. The number of allylic oxidation sites excluding steroid dienone is 4. The quantitative estimate of drug-likeness (QED) is 0.606. The molecular formula is C8H9N3. The molecule has 1 aromatic heterocycles. The van der Waals surface area contributed by atoms with Crippen LogP contribution in [0.4, 0.5) is 0 Å². The Kier molecular flexibility index (Phi) is 2.38. The largest absolute Gasteiger partial charge is 0.157 e. The SMILES string of the molecule is C=CC=C(C=C)n1nccn1. The molecule has 0 spiro atoms. The molecule has 56 valence electrons. The van der Waals surface area contributed by atoms with Crippen molar-refractivity contribution in [2.75, 3.05) is 0 Å². The highest BCUT2D eigenvalue weighted by molar-refractivity contribution is 5.55. The number of hydrogen-bond acceptors (Lipinski definition) is 2. The van der Waals surface area contributed by atoms with Crippen LogP contribution >= 0.6 is 0 Å². The highest BCUT2D eigenvalue weighted by Crippen LogP contribution is 1.99. The Morgan fingerprint density at radius 1 is 1.27 bits per heavy atom. The monoisotopic (exact) mass is 147 g/mol. The van der Waals surface area contributed by atoms with Crippen LogP contribution < -0.4 is 0 Å². The van der Waals surface area contributed by atoms with Crippen LogP contribution in [0.15, 0.2) is 43.8 Å². The van der Waals surface area contributed by atoms with Gasteiger partial charge in [-0.25, -0.2) is 0 Å². The van der Waals surface area contributed by atoms with Gasteiger partial charge in [0.05, 0.1) is 18.1 Å². The number of nitrogens with zero attached hydrogens (tertiary/aromatic N) is 3. The molecule has 0 saturated heterocycles. The zero-order chi connectivity index (χ0) is 8.10. The lowest BCUT2D eigenvalue weighted by molar-refractivity contribution is 0.777. The minimum atomic E-state index is 0.810. The van der Waals surface area contributed by atoms with E-state index in [2.05, 4.69) is 23.4 Å². The third-order valence-electron chi connectivity index (χ3n) is 1.15. The van der Waals surface area contributed by atoms with E-state index in [0.717, 1.165) is 5.70 Å². The third-order valence-corrected chi connectivity index (χ3v) is 1.15. The molecule has 0 saturated carbocycles. The third kappa shape index (κ3) is 1.64. The second-order valence-electron chi connectivity index (χ2n) is 1.85. The Labute approximate surface area is 65.3 Å². The molecule has 0 aromatic carbocycles. The second-order valence-corrected chi connectivity index (χ2v) is 1.85. The van der Waals surface area contributed by atoms with Crippen LogP contribution in [0.1, 0.15) is 0 Å². The summed E-state index contributed by atoms with van der Waals surface area (Å²) in [6, 6.07) is 0. The second kappa shape index (κ2) is 3.51. The Morgan fingerprint density at radius 2 is 1.91 bits per heavy atom. The van der Waals surface area contributed by atoms with E-state index in [1.807, 2.05) is 0 Å². The minimum absolute atomic E-state index is 0.810. The van der Waals surface area contributed by atoms with Gasteiger partial charge in [0, 0.05) is 0 Å². The molecule has 0 amide bonds. The Balaban J connectivity index is 2.97. The molecule has 0 aliphatic rings. The van der Waals surface area contributed by atoms with Gasteiger partial charge in [0.25, 0.3) is 0 Å². The lowest BCUT2D eigenvalue weighted by atomic mass is 10.4. The normalized spacial score (nSPS) is 11.1. The Hall–Kier alpha value is -1.64. The molecule has 0 aliphatic carbocycles. The summed E-state index contributed by atoms with van der Waals surface area (Å²) in [6.45, 7) is 7.18. The summed E-state index contributed by atoms with van der Waals surface area (Å²) in [5, 5.41) is 7.85. The van der Waals surface area contributed by atoms with Gasteiger partial charge in [-0.3, -0.25) is 0 Å². The summed E-state index contributed by atoms with van der Waals surface area (Å²) in [5.41, 5.74) is 0.810. The first-order valence-electron chi connectivity index (χ1n) is 3.20. The topological polar surface area (TPSA) is 30.7 Å². The van der Waals surface area contributed by atoms with Crippen LogP contribution in [-0.2, 0) is 0 Å². The van der Waals surface area contributed by atoms with Crippen molar-refractivity contribution in [3.8, 4) is 0 Å². The van der Waals surface area contributed by atoms with E-state index in [1.165, 1.54) is 4.80 Å². The van der Waals surface area contributed by atoms with E-state index < -0.39 is 0 Å². The highest BCUT2D eigenvalue weighted by Gasteiger charge is 1.92. The summed E-state index contributed by atoms with van der Waals surface area (Å²) >= 11 is 0. The average Bonchev–Trinajstić information content (AvgIpc) is 2.52. The smallest absolute Gasteiger partial charge is 0.0850 e. The van der Waals surface area contributed by atoms with E-state index in [1.54, 1.807) is 30.6 Å². The van der Waals surface area contributed by atoms with E-state index in [4.69, 9.17) is 0 Å². The van der Waals surface area contributed by atoms with E-state index >= 15 is 0 Å². The molecule has 1 rings (SSSR count). The standard InChI is InChI=1S/C8H9N3/c1-3-5-8(4-2)11-9-6-7-10-11/h3-7H,1-2H2. The van der Waals surface area contributed by atoms with Crippen LogP contribution in [0.25, 0.3) is 5.70 Å².